The maximum atomic E-state index is 5.84. The average Bonchev–Trinajstić information content (AvgIpc) is 2.81. The van der Waals surface area contributed by atoms with Crippen LogP contribution in [-0.2, 0) is 0 Å². The van der Waals surface area contributed by atoms with Crippen molar-refractivity contribution in [1.29, 1.82) is 0 Å². The Balaban J connectivity index is 2.06. The third-order valence-electron chi connectivity index (χ3n) is 2.18. The van der Waals surface area contributed by atoms with Gasteiger partial charge in [-0.25, -0.2) is 19.9 Å². The van der Waals surface area contributed by atoms with Gasteiger partial charge >= 0.3 is 0 Å². The lowest BCUT2D eigenvalue weighted by Crippen LogP contribution is -1.92. The molecule has 0 aliphatic heterocycles. The second kappa shape index (κ2) is 4.02. The number of hydrogen-bond acceptors (Lipinski definition) is 6. The smallest absolute Gasteiger partial charge is 0.181 e. The van der Waals surface area contributed by atoms with Gasteiger partial charge < -0.3 is 10.7 Å². The fraction of sp³-hybridized carbons (Fsp3) is 0. The van der Waals surface area contributed by atoms with Crippen molar-refractivity contribution in [2.24, 2.45) is 0 Å². The average molecular weight is 244 g/mol. The number of fused-ring (bicyclic) bond motifs is 1. The summed E-state index contributed by atoms with van der Waals surface area (Å²) in [4.78, 5) is 19.5. The van der Waals surface area contributed by atoms with Gasteiger partial charge in [0.2, 0.25) is 0 Å². The summed E-state index contributed by atoms with van der Waals surface area (Å²) in [6, 6.07) is 3.60. The number of nitrogens with two attached hydrogens (primary N) is 1. The van der Waals surface area contributed by atoms with Gasteiger partial charge in [0.05, 0.1) is 12.0 Å². The van der Waals surface area contributed by atoms with Crippen LogP contribution in [0, 0.1) is 0 Å². The topological polar surface area (TPSA) is 93.4 Å². The minimum Gasteiger partial charge on any atom is -0.397 e. The van der Waals surface area contributed by atoms with Crippen LogP contribution in [0.4, 0.5) is 5.69 Å². The largest absolute Gasteiger partial charge is 0.397 e. The highest BCUT2D eigenvalue weighted by Gasteiger charge is 2.09. The number of nitrogens with one attached hydrogen (secondary N) is 1. The molecule has 0 fully saturated rings. The molecule has 84 valence electrons. The SMILES string of the molecule is Nc1cccnc1Sc1ncnc2nc[nH]c12. The number of pyridine rings is 1. The maximum absolute atomic E-state index is 5.84. The van der Waals surface area contributed by atoms with E-state index < -0.39 is 0 Å². The van der Waals surface area contributed by atoms with E-state index in [-0.39, 0.29) is 0 Å². The van der Waals surface area contributed by atoms with E-state index in [0.29, 0.717) is 11.3 Å². The second-order valence-corrected chi connectivity index (χ2v) is 4.26. The Morgan fingerprint density at radius 3 is 2.94 bits per heavy atom. The van der Waals surface area contributed by atoms with E-state index in [4.69, 9.17) is 5.73 Å². The number of aromatic nitrogens is 5. The summed E-state index contributed by atoms with van der Waals surface area (Å²) >= 11 is 1.39. The first-order chi connectivity index (χ1) is 8.34. The van der Waals surface area contributed by atoms with Crippen LogP contribution in [0.3, 0.4) is 0 Å². The summed E-state index contributed by atoms with van der Waals surface area (Å²) in [7, 11) is 0. The van der Waals surface area contributed by atoms with Crippen molar-refractivity contribution in [3.8, 4) is 0 Å². The highest BCUT2D eigenvalue weighted by Crippen LogP contribution is 2.31. The summed E-state index contributed by atoms with van der Waals surface area (Å²) in [5.41, 5.74) is 7.89. The third-order valence-corrected chi connectivity index (χ3v) is 3.22. The monoisotopic (exact) mass is 244 g/mol. The van der Waals surface area contributed by atoms with Gasteiger partial charge in [0.1, 0.15) is 21.9 Å². The molecule has 7 heteroatoms. The predicted molar refractivity (Wildman–Crippen MR) is 64.5 cm³/mol. The molecule has 0 bridgehead atoms. The molecule has 0 unspecified atom stereocenters. The maximum Gasteiger partial charge on any atom is 0.181 e. The molecular formula is C10H8N6S. The van der Waals surface area contributed by atoms with E-state index in [1.165, 1.54) is 18.1 Å². The van der Waals surface area contributed by atoms with E-state index in [9.17, 15) is 0 Å². The lowest BCUT2D eigenvalue weighted by Gasteiger charge is -2.02. The number of hydrogen-bond donors (Lipinski definition) is 2. The van der Waals surface area contributed by atoms with E-state index in [2.05, 4.69) is 24.9 Å². The van der Waals surface area contributed by atoms with Crippen molar-refractivity contribution in [1.82, 2.24) is 24.9 Å². The van der Waals surface area contributed by atoms with Crippen LogP contribution in [0.15, 0.2) is 41.0 Å². The van der Waals surface area contributed by atoms with Gasteiger partial charge in [-0.3, -0.25) is 0 Å². The van der Waals surface area contributed by atoms with Crippen LogP contribution in [-0.4, -0.2) is 24.9 Å². The number of anilines is 1. The zero-order valence-electron chi connectivity index (χ0n) is 8.66. The Kier molecular flexibility index (Phi) is 2.37. The van der Waals surface area contributed by atoms with Crippen molar-refractivity contribution in [3.05, 3.63) is 31.0 Å². The molecule has 0 aliphatic carbocycles. The molecule has 6 nitrogen and oxygen atoms in total. The highest BCUT2D eigenvalue weighted by molar-refractivity contribution is 7.99. The molecule has 0 spiro atoms. The lowest BCUT2D eigenvalue weighted by atomic mass is 10.4. The molecule has 3 aromatic rings. The van der Waals surface area contributed by atoms with Crippen molar-refractivity contribution in [2.75, 3.05) is 5.73 Å². The minimum absolute atomic E-state index is 0.628. The van der Waals surface area contributed by atoms with Crippen molar-refractivity contribution < 1.29 is 0 Å². The van der Waals surface area contributed by atoms with Crippen molar-refractivity contribution in [2.45, 2.75) is 10.1 Å². The Bertz CT molecular complexity index is 664. The molecule has 0 amide bonds. The third kappa shape index (κ3) is 1.80. The summed E-state index contributed by atoms with van der Waals surface area (Å²) in [6.07, 6.45) is 4.76. The molecule has 0 atom stereocenters. The Morgan fingerprint density at radius 1 is 1.12 bits per heavy atom. The Labute approximate surface area is 101 Å². The molecule has 3 heterocycles. The second-order valence-electron chi connectivity index (χ2n) is 3.28. The Morgan fingerprint density at radius 2 is 2.06 bits per heavy atom. The quantitative estimate of drug-likeness (QED) is 0.663. The molecule has 3 N–H and O–H groups in total. The molecule has 0 radical (unpaired) electrons. The van der Waals surface area contributed by atoms with Gasteiger partial charge in [0, 0.05) is 6.20 Å². The number of nitrogens with zero attached hydrogens (tertiary/aromatic N) is 4. The molecule has 17 heavy (non-hydrogen) atoms. The van der Waals surface area contributed by atoms with E-state index in [0.717, 1.165) is 15.6 Å². The van der Waals surface area contributed by atoms with Crippen LogP contribution in [0.2, 0.25) is 0 Å². The van der Waals surface area contributed by atoms with Crippen LogP contribution in [0.5, 0.6) is 0 Å². The van der Waals surface area contributed by atoms with Gasteiger partial charge in [-0.1, -0.05) is 0 Å². The molecule has 0 aromatic carbocycles. The molecule has 0 aliphatic rings. The minimum atomic E-state index is 0.628. The molecular weight excluding hydrogens is 236 g/mol. The lowest BCUT2D eigenvalue weighted by molar-refractivity contribution is 1.07. The fourth-order valence-corrected chi connectivity index (χ4v) is 2.24. The van der Waals surface area contributed by atoms with Gasteiger partial charge in [-0.2, -0.15) is 0 Å². The molecule has 3 aromatic heterocycles. The van der Waals surface area contributed by atoms with E-state index in [1.54, 1.807) is 24.7 Å². The first kappa shape index (κ1) is 10.0. The van der Waals surface area contributed by atoms with Crippen molar-refractivity contribution >= 4 is 28.6 Å². The zero-order chi connectivity index (χ0) is 11.7. The Hall–Kier alpha value is -2.15. The molecule has 0 saturated carbocycles. The van der Waals surface area contributed by atoms with Gasteiger partial charge in [-0.15, -0.1) is 0 Å². The molecule has 0 saturated heterocycles. The van der Waals surface area contributed by atoms with Gasteiger partial charge in [0.15, 0.2) is 5.65 Å². The zero-order valence-corrected chi connectivity index (χ0v) is 9.48. The summed E-state index contributed by atoms with van der Waals surface area (Å²) in [5, 5.41) is 1.49. The normalized spacial score (nSPS) is 10.8. The summed E-state index contributed by atoms with van der Waals surface area (Å²) < 4.78 is 0. The number of rotatable bonds is 2. The standard InChI is InChI=1S/C10H8N6S/c11-6-2-1-3-12-9(6)17-10-7-8(14-4-13-7)15-5-16-10/h1-5H,11H2,(H,13,14,15,16). The first-order valence-corrected chi connectivity index (χ1v) is 5.68. The van der Waals surface area contributed by atoms with E-state index >= 15 is 0 Å². The summed E-state index contributed by atoms with van der Waals surface area (Å²) in [6.45, 7) is 0. The molecule has 3 rings (SSSR count). The van der Waals surface area contributed by atoms with E-state index in [1.807, 2.05) is 0 Å². The van der Waals surface area contributed by atoms with Crippen LogP contribution in [0.1, 0.15) is 0 Å². The fourth-order valence-electron chi connectivity index (χ4n) is 1.40. The van der Waals surface area contributed by atoms with Crippen molar-refractivity contribution in [3.63, 3.8) is 0 Å². The summed E-state index contributed by atoms with van der Waals surface area (Å²) in [5.74, 6) is 0. The van der Waals surface area contributed by atoms with Crippen LogP contribution >= 0.6 is 11.8 Å². The first-order valence-electron chi connectivity index (χ1n) is 4.87. The van der Waals surface area contributed by atoms with Crippen LogP contribution < -0.4 is 5.73 Å². The number of aromatic amines is 1. The van der Waals surface area contributed by atoms with Gasteiger partial charge in [0.25, 0.3) is 0 Å². The number of nitrogen functional groups attached to an aromatic ring is 1. The number of H-pyrrole nitrogens is 1. The highest BCUT2D eigenvalue weighted by atomic mass is 32.2. The number of imidazole rings is 1. The predicted octanol–water partition coefficient (Wildman–Crippen LogP) is 1.48. The van der Waals surface area contributed by atoms with Crippen LogP contribution in [0.25, 0.3) is 11.2 Å². The van der Waals surface area contributed by atoms with Gasteiger partial charge in [-0.05, 0) is 23.9 Å².